The third kappa shape index (κ3) is 4.13. The van der Waals surface area contributed by atoms with Crippen molar-refractivity contribution in [2.24, 2.45) is 5.92 Å². The Morgan fingerprint density at radius 1 is 1.47 bits per heavy atom. The molecule has 0 aliphatic heterocycles. The van der Waals surface area contributed by atoms with Crippen LogP contribution in [-0.2, 0) is 4.79 Å². The smallest absolute Gasteiger partial charge is 0.238 e. The molecular formula is C13H17BrN2O. The first-order valence-corrected chi connectivity index (χ1v) is 6.71. The minimum Gasteiger partial charge on any atom is -0.325 e. The van der Waals surface area contributed by atoms with Crippen LogP contribution in [0.15, 0.2) is 22.7 Å². The van der Waals surface area contributed by atoms with Gasteiger partial charge in [0.15, 0.2) is 0 Å². The molecule has 0 aromatic heterocycles. The standard InChI is InChI=1S/C13H17BrN2O/c1-9-2-5-11(14)6-12(9)16-13(17)8-15-7-10-3-4-10/h2,5-6,10,15H,3-4,7-8H2,1H3,(H,16,17). The van der Waals surface area contributed by atoms with Crippen molar-refractivity contribution < 1.29 is 4.79 Å². The number of anilines is 1. The van der Waals surface area contributed by atoms with E-state index < -0.39 is 0 Å². The molecule has 17 heavy (non-hydrogen) atoms. The van der Waals surface area contributed by atoms with Gasteiger partial charge in [-0.1, -0.05) is 22.0 Å². The van der Waals surface area contributed by atoms with E-state index in [0.717, 1.165) is 28.2 Å². The maximum atomic E-state index is 11.7. The fraction of sp³-hybridized carbons (Fsp3) is 0.462. The highest BCUT2D eigenvalue weighted by Crippen LogP contribution is 2.27. The fourth-order valence-electron chi connectivity index (χ4n) is 1.64. The monoisotopic (exact) mass is 296 g/mol. The average Bonchev–Trinajstić information content (AvgIpc) is 3.07. The van der Waals surface area contributed by atoms with Gasteiger partial charge in [-0.2, -0.15) is 0 Å². The van der Waals surface area contributed by atoms with E-state index in [4.69, 9.17) is 0 Å². The predicted molar refractivity (Wildman–Crippen MR) is 73.1 cm³/mol. The molecule has 2 N–H and O–H groups in total. The van der Waals surface area contributed by atoms with Gasteiger partial charge in [0.2, 0.25) is 5.91 Å². The van der Waals surface area contributed by atoms with Gasteiger partial charge >= 0.3 is 0 Å². The molecule has 0 bridgehead atoms. The van der Waals surface area contributed by atoms with Crippen LogP contribution in [0.3, 0.4) is 0 Å². The molecule has 1 aromatic carbocycles. The lowest BCUT2D eigenvalue weighted by Gasteiger charge is -2.09. The highest BCUT2D eigenvalue weighted by atomic mass is 79.9. The van der Waals surface area contributed by atoms with Crippen LogP contribution in [0.5, 0.6) is 0 Å². The number of rotatable bonds is 5. The first-order valence-electron chi connectivity index (χ1n) is 5.92. The fourth-order valence-corrected chi connectivity index (χ4v) is 2.00. The van der Waals surface area contributed by atoms with Gasteiger partial charge in [0.1, 0.15) is 0 Å². The Morgan fingerprint density at radius 3 is 2.94 bits per heavy atom. The molecule has 1 aliphatic rings. The number of nitrogens with one attached hydrogen (secondary N) is 2. The van der Waals surface area contributed by atoms with Crippen LogP contribution in [0.25, 0.3) is 0 Å². The second-order valence-corrected chi connectivity index (χ2v) is 5.50. The van der Waals surface area contributed by atoms with Gasteiger partial charge in [0, 0.05) is 10.2 Å². The maximum absolute atomic E-state index is 11.7. The first-order chi connectivity index (χ1) is 8.15. The topological polar surface area (TPSA) is 41.1 Å². The van der Waals surface area contributed by atoms with Gasteiger partial charge in [0.25, 0.3) is 0 Å². The van der Waals surface area contributed by atoms with E-state index >= 15 is 0 Å². The van der Waals surface area contributed by atoms with Crippen LogP contribution in [0.2, 0.25) is 0 Å². The minimum absolute atomic E-state index is 0.0202. The maximum Gasteiger partial charge on any atom is 0.238 e. The predicted octanol–water partition coefficient (Wildman–Crippen LogP) is 2.70. The molecular weight excluding hydrogens is 280 g/mol. The zero-order chi connectivity index (χ0) is 12.3. The number of carbonyl (C=O) groups is 1. The molecule has 3 nitrogen and oxygen atoms in total. The molecule has 1 saturated carbocycles. The second-order valence-electron chi connectivity index (χ2n) is 4.58. The highest BCUT2D eigenvalue weighted by molar-refractivity contribution is 9.10. The van der Waals surface area contributed by atoms with E-state index in [9.17, 15) is 4.79 Å². The van der Waals surface area contributed by atoms with Crippen molar-refractivity contribution in [2.75, 3.05) is 18.4 Å². The Hall–Kier alpha value is -0.870. The lowest BCUT2D eigenvalue weighted by atomic mass is 10.2. The van der Waals surface area contributed by atoms with E-state index in [2.05, 4.69) is 26.6 Å². The van der Waals surface area contributed by atoms with Crippen LogP contribution >= 0.6 is 15.9 Å². The SMILES string of the molecule is Cc1ccc(Br)cc1NC(=O)CNCC1CC1. The summed E-state index contributed by atoms with van der Waals surface area (Å²) in [6, 6.07) is 5.88. The average molecular weight is 297 g/mol. The summed E-state index contributed by atoms with van der Waals surface area (Å²) in [5.74, 6) is 0.822. The van der Waals surface area contributed by atoms with E-state index in [1.54, 1.807) is 0 Å². The Bertz CT molecular complexity index is 416. The summed E-state index contributed by atoms with van der Waals surface area (Å²) in [5.41, 5.74) is 1.95. The summed E-state index contributed by atoms with van der Waals surface area (Å²) in [6.45, 7) is 3.34. The normalized spacial score (nSPS) is 14.7. The number of carbonyl (C=O) groups excluding carboxylic acids is 1. The lowest BCUT2D eigenvalue weighted by molar-refractivity contribution is -0.115. The molecule has 4 heteroatoms. The van der Waals surface area contributed by atoms with E-state index in [1.165, 1.54) is 12.8 Å². The lowest BCUT2D eigenvalue weighted by Crippen LogP contribution is -2.29. The van der Waals surface area contributed by atoms with Crippen molar-refractivity contribution in [1.82, 2.24) is 5.32 Å². The van der Waals surface area contributed by atoms with Crippen LogP contribution < -0.4 is 10.6 Å². The molecule has 0 radical (unpaired) electrons. The van der Waals surface area contributed by atoms with Crippen molar-refractivity contribution in [3.05, 3.63) is 28.2 Å². The van der Waals surface area contributed by atoms with Crippen LogP contribution in [-0.4, -0.2) is 19.0 Å². The largest absolute Gasteiger partial charge is 0.325 e. The van der Waals surface area contributed by atoms with Crippen LogP contribution in [0, 0.1) is 12.8 Å². The van der Waals surface area contributed by atoms with Crippen LogP contribution in [0.1, 0.15) is 18.4 Å². The number of hydrogen-bond acceptors (Lipinski definition) is 2. The number of amides is 1. The summed E-state index contributed by atoms with van der Waals surface area (Å²) < 4.78 is 0.976. The van der Waals surface area contributed by atoms with E-state index in [-0.39, 0.29) is 5.91 Å². The third-order valence-electron chi connectivity index (χ3n) is 2.89. The third-order valence-corrected chi connectivity index (χ3v) is 3.38. The molecule has 0 atom stereocenters. The molecule has 0 saturated heterocycles. The van der Waals surface area contributed by atoms with Crippen molar-refractivity contribution in [3.8, 4) is 0 Å². The molecule has 0 spiro atoms. The summed E-state index contributed by atoms with van der Waals surface area (Å²) >= 11 is 3.40. The molecule has 1 aliphatic carbocycles. The molecule has 92 valence electrons. The van der Waals surface area contributed by atoms with Gasteiger partial charge in [-0.05, 0) is 49.9 Å². The molecule has 1 aromatic rings. The summed E-state index contributed by atoms with van der Waals surface area (Å²) in [4.78, 5) is 11.7. The Morgan fingerprint density at radius 2 is 2.24 bits per heavy atom. The van der Waals surface area contributed by atoms with E-state index in [0.29, 0.717) is 6.54 Å². The van der Waals surface area contributed by atoms with Gasteiger partial charge in [-0.25, -0.2) is 0 Å². The second kappa shape index (κ2) is 5.65. The molecule has 1 fully saturated rings. The summed E-state index contributed by atoms with van der Waals surface area (Å²) in [7, 11) is 0. The summed E-state index contributed by atoms with van der Waals surface area (Å²) in [6.07, 6.45) is 2.61. The minimum atomic E-state index is 0.0202. The van der Waals surface area contributed by atoms with Gasteiger partial charge < -0.3 is 10.6 Å². The highest BCUT2D eigenvalue weighted by Gasteiger charge is 2.20. The zero-order valence-corrected chi connectivity index (χ0v) is 11.5. The van der Waals surface area contributed by atoms with Gasteiger partial charge in [-0.3, -0.25) is 4.79 Å². The first kappa shape index (κ1) is 12.6. The van der Waals surface area contributed by atoms with Crippen molar-refractivity contribution in [1.29, 1.82) is 0 Å². The van der Waals surface area contributed by atoms with Crippen molar-refractivity contribution in [3.63, 3.8) is 0 Å². The molecule has 2 rings (SSSR count). The molecule has 0 heterocycles. The number of hydrogen-bond donors (Lipinski definition) is 2. The van der Waals surface area contributed by atoms with E-state index in [1.807, 2.05) is 25.1 Å². The Balaban J connectivity index is 1.81. The molecule has 1 amide bonds. The Labute approximate surface area is 110 Å². The Kier molecular flexibility index (Phi) is 4.18. The number of aryl methyl sites for hydroxylation is 1. The summed E-state index contributed by atoms with van der Waals surface area (Å²) in [5, 5.41) is 6.09. The number of halogens is 1. The number of benzene rings is 1. The van der Waals surface area contributed by atoms with Gasteiger partial charge in [0.05, 0.1) is 6.54 Å². The molecule has 0 unspecified atom stereocenters. The van der Waals surface area contributed by atoms with Gasteiger partial charge in [-0.15, -0.1) is 0 Å². The quantitative estimate of drug-likeness (QED) is 0.877. The van der Waals surface area contributed by atoms with Crippen molar-refractivity contribution >= 4 is 27.5 Å². The zero-order valence-electron chi connectivity index (χ0n) is 9.92. The van der Waals surface area contributed by atoms with Crippen LogP contribution in [0.4, 0.5) is 5.69 Å². The van der Waals surface area contributed by atoms with Crippen molar-refractivity contribution in [2.45, 2.75) is 19.8 Å².